The summed E-state index contributed by atoms with van der Waals surface area (Å²) in [5.41, 5.74) is 4.29. The van der Waals surface area contributed by atoms with Crippen molar-refractivity contribution in [1.29, 1.82) is 0 Å². The van der Waals surface area contributed by atoms with E-state index in [1.165, 1.54) is 0 Å². The van der Waals surface area contributed by atoms with E-state index in [1.807, 2.05) is 55.7 Å². The molecular formula is C24H28N4O4. The van der Waals surface area contributed by atoms with Gasteiger partial charge in [-0.1, -0.05) is 42.4 Å². The van der Waals surface area contributed by atoms with Gasteiger partial charge in [-0.05, 0) is 31.9 Å². The molecule has 2 amide bonds. The van der Waals surface area contributed by atoms with E-state index in [4.69, 9.17) is 9.26 Å². The molecule has 0 saturated heterocycles. The summed E-state index contributed by atoms with van der Waals surface area (Å²) in [5, 5.41) is 9.96. The molecule has 0 unspecified atom stereocenters. The van der Waals surface area contributed by atoms with Gasteiger partial charge in [0.1, 0.15) is 11.5 Å². The molecule has 3 aromatic rings. The number of ether oxygens (including phenoxy) is 1. The summed E-state index contributed by atoms with van der Waals surface area (Å²) in [4.78, 5) is 26.2. The second-order valence-corrected chi connectivity index (χ2v) is 7.92. The Bertz CT molecular complexity index is 1100. The number of aromatic nitrogens is 2. The van der Waals surface area contributed by atoms with Crippen LogP contribution in [0.3, 0.4) is 0 Å². The van der Waals surface area contributed by atoms with Gasteiger partial charge >= 0.3 is 0 Å². The van der Waals surface area contributed by atoms with E-state index in [0.717, 1.165) is 23.2 Å². The Kier molecular flexibility index (Phi) is 6.41. The predicted molar refractivity (Wildman–Crippen MR) is 118 cm³/mol. The van der Waals surface area contributed by atoms with Gasteiger partial charge in [0.15, 0.2) is 0 Å². The van der Waals surface area contributed by atoms with Crippen LogP contribution in [0.15, 0.2) is 40.9 Å². The molecule has 4 rings (SSSR count). The van der Waals surface area contributed by atoms with E-state index in [9.17, 15) is 9.59 Å². The van der Waals surface area contributed by atoms with Crippen LogP contribution in [0.1, 0.15) is 68.5 Å². The number of fused-ring (bicyclic) bond motifs is 1. The van der Waals surface area contributed by atoms with Crippen LogP contribution in [-0.2, 0) is 24.4 Å². The van der Waals surface area contributed by atoms with Crippen molar-refractivity contribution in [3.8, 4) is 0 Å². The van der Waals surface area contributed by atoms with E-state index in [1.54, 1.807) is 6.07 Å². The summed E-state index contributed by atoms with van der Waals surface area (Å²) in [6.07, 6.45) is 0.761. The molecule has 2 N–H and O–H groups in total. The van der Waals surface area contributed by atoms with Gasteiger partial charge in [-0.3, -0.25) is 9.59 Å². The highest BCUT2D eigenvalue weighted by molar-refractivity contribution is 6.00. The molecule has 0 fully saturated rings. The van der Waals surface area contributed by atoms with Crippen LogP contribution < -0.4 is 10.6 Å². The summed E-state index contributed by atoms with van der Waals surface area (Å²) in [7, 11) is 0. The Hall–Kier alpha value is -3.39. The van der Waals surface area contributed by atoms with Crippen molar-refractivity contribution in [2.45, 2.75) is 52.9 Å². The number of nitrogens with one attached hydrogen (secondary N) is 2. The van der Waals surface area contributed by atoms with Gasteiger partial charge in [-0.2, -0.15) is 0 Å². The average Bonchev–Trinajstić information content (AvgIpc) is 3.36. The Morgan fingerprint density at radius 2 is 1.97 bits per heavy atom. The highest BCUT2D eigenvalue weighted by atomic mass is 16.5. The molecule has 0 spiro atoms. The van der Waals surface area contributed by atoms with Crippen LogP contribution in [0.25, 0.3) is 0 Å². The highest BCUT2D eigenvalue weighted by Crippen LogP contribution is 2.23. The number of benzene rings is 1. The van der Waals surface area contributed by atoms with Gasteiger partial charge < -0.3 is 24.5 Å². The number of amides is 2. The quantitative estimate of drug-likeness (QED) is 0.591. The van der Waals surface area contributed by atoms with Gasteiger partial charge in [0, 0.05) is 18.7 Å². The molecule has 0 saturated carbocycles. The van der Waals surface area contributed by atoms with Crippen LogP contribution in [0.5, 0.6) is 0 Å². The van der Waals surface area contributed by atoms with Crippen LogP contribution >= 0.6 is 0 Å². The first-order valence-corrected chi connectivity index (χ1v) is 10.9. The fourth-order valence-corrected chi connectivity index (χ4v) is 4.07. The van der Waals surface area contributed by atoms with E-state index in [2.05, 4.69) is 15.8 Å². The second-order valence-electron chi connectivity index (χ2n) is 7.92. The Morgan fingerprint density at radius 3 is 2.66 bits per heavy atom. The number of hydrogen-bond acceptors (Lipinski definition) is 5. The normalized spacial score (nSPS) is 14.0. The highest BCUT2D eigenvalue weighted by Gasteiger charge is 2.27. The number of hydrogen-bond donors (Lipinski definition) is 2. The second kappa shape index (κ2) is 9.40. The standard InChI is InChI=1S/C24H28N4O4/c1-4-20(17-8-6-5-7-9-17)26-24(30)21-12-18(22-14-31-11-10-28(21)22)23(29)25-13-19-15(2)27-32-16(19)3/h5-9,12,20H,4,10-11,13-14H2,1-3H3,(H,25,29)(H,26,30)/t20-/m1/s1. The zero-order valence-corrected chi connectivity index (χ0v) is 18.6. The maximum absolute atomic E-state index is 13.2. The summed E-state index contributed by atoms with van der Waals surface area (Å²) >= 11 is 0. The molecule has 168 valence electrons. The SMILES string of the molecule is CC[C@@H](NC(=O)c1cc(C(=O)NCc2c(C)noc2C)c2n1CCOC2)c1ccccc1. The lowest BCUT2D eigenvalue weighted by molar-refractivity contribution is 0.0775. The van der Waals surface area contributed by atoms with Gasteiger partial charge in [0.2, 0.25) is 0 Å². The van der Waals surface area contributed by atoms with E-state index in [0.29, 0.717) is 42.4 Å². The zero-order chi connectivity index (χ0) is 22.7. The summed E-state index contributed by atoms with van der Waals surface area (Å²) in [5.74, 6) is 0.221. The maximum atomic E-state index is 13.2. The molecule has 1 aromatic carbocycles. The minimum absolute atomic E-state index is 0.105. The maximum Gasteiger partial charge on any atom is 0.268 e. The lowest BCUT2D eigenvalue weighted by atomic mass is 10.0. The van der Waals surface area contributed by atoms with Crippen molar-refractivity contribution in [2.24, 2.45) is 0 Å². The van der Waals surface area contributed by atoms with Crippen molar-refractivity contribution < 1.29 is 18.8 Å². The van der Waals surface area contributed by atoms with Gasteiger partial charge in [-0.15, -0.1) is 0 Å². The molecular weight excluding hydrogens is 408 g/mol. The lowest BCUT2D eigenvalue weighted by Gasteiger charge is -2.21. The molecule has 8 heteroatoms. The Labute approximate surface area is 186 Å². The van der Waals surface area contributed by atoms with Crippen molar-refractivity contribution in [3.05, 3.63) is 75.9 Å². The van der Waals surface area contributed by atoms with Crippen molar-refractivity contribution in [2.75, 3.05) is 6.61 Å². The number of nitrogens with zero attached hydrogens (tertiary/aromatic N) is 2. The van der Waals surface area contributed by atoms with Gasteiger partial charge in [0.05, 0.1) is 36.2 Å². The topological polar surface area (TPSA) is 98.4 Å². The first-order chi connectivity index (χ1) is 15.5. The number of carbonyl (C=O) groups is 2. The van der Waals surface area contributed by atoms with Gasteiger partial charge in [-0.25, -0.2) is 0 Å². The molecule has 2 aromatic heterocycles. The summed E-state index contributed by atoms with van der Waals surface area (Å²) < 4.78 is 12.6. The summed E-state index contributed by atoms with van der Waals surface area (Å²) in [6.45, 7) is 7.30. The zero-order valence-electron chi connectivity index (χ0n) is 18.6. The summed E-state index contributed by atoms with van der Waals surface area (Å²) in [6, 6.07) is 11.4. The molecule has 32 heavy (non-hydrogen) atoms. The third-order valence-corrected chi connectivity index (χ3v) is 5.91. The van der Waals surface area contributed by atoms with E-state index in [-0.39, 0.29) is 24.5 Å². The van der Waals surface area contributed by atoms with Crippen LogP contribution in [0, 0.1) is 13.8 Å². The molecule has 0 bridgehead atoms. The van der Waals surface area contributed by atoms with Crippen molar-refractivity contribution in [1.82, 2.24) is 20.4 Å². The molecule has 8 nitrogen and oxygen atoms in total. The first kappa shape index (κ1) is 21.8. The predicted octanol–water partition coefficient (Wildman–Crippen LogP) is 3.43. The minimum atomic E-state index is -0.256. The number of aryl methyl sites for hydroxylation is 2. The lowest BCUT2D eigenvalue weighted by Crippen LogP contribution is -2.31. The monoisotopic (exact) mass is 436 g/mol. The Balaban J connectivity index is 1.56. The molecule has 1 aliphatic heterocycles. The van der Waals surface area contributed by atoms with Gasteiger partial charge in [0.25, 0.3) is 11.8 Å². The largest absolute Gasteiger partial charge is 0.373 e. The van der Waals surface area contributed by atoms with E-state index < -0.39 is 0 Å². The van der Waals surface area contributed by atoms with Crippen LogP contribution in [0.2, 0.25) is 0 Å². The van der Waals surface area contributed by atoms with Crippen molar-refractivity contribution >= 4 is 11.8 Å². The fourth-order valence-electron chi connectivity index (χ4n) is 4.07. The first-order valence-electron chi connectivity index (χ1n) is 10.9. The third-order valence-electron chi connectivity index (χ3n) is 5.91. The number of rotatable bonds is 7. The molecule has 0 aliphatic carbocycles. The van der Waals surface area contributed by atoms with E-state index >= 15 is 0 Å². The molecule has 1 atom stereocenters. The Morgan fingerprint density at radius 1 is 1.19 bits per heavy atom. The third kappa shape index (κ3) is 4.31. The smallest absolute Gasteiger partial charge is 0.268 e. The fraction of sp³-hybridized carbons (Fsp3) is 0.375. The number of carbonyl (C=O) groups excluding carboxylic acids is 2. The molecule has 3 heterocycles. The molecule has 1 aliphatic rings. The molecule has 0 radical (unpaired) electrons. The van der Waals surface area contributed by atoms with Crippen molar-refractivity contribution in [3.63, 3.8) is 0 Å². The van der Waals surface area contributed by atoms with Crippen LogP contribution in [0.4, 0.5) is 0 Å². The average molecular weight is 437 g/mol. The van der Waals surface area contributed by atoms with Crippen LogP contribution in [-0.4, -0.2) is 28.1 Å². The minimum Gasteiger partial charge on any atom is -0.373 e.